The molecule has 2 aromatic rings. The van der Waals surface area contributed by atoms with Gasteiger partial charge in [0.2, 0.25) is 0 Å². The van der Waals surface area contributed by atoms with Gasteiger partial charge in [-0.25, -0.2) is 8.42 Å². The molecular weight excluding hydrogens is 274 g/mol. The Bertz CT molecular complexity index is 710. The molecular formula is C11H11NO4S2. The molecule has 0 unspecified atom stereocenters. The Hall–Kier alpha value is -1.60. The number of methoxy groups -OCH3 is 1. The van der Waals surface area contributed by atoms with Gasteiger partial charge in [-0.1, -0.05) is 12.1 Å². The third-order valence-corrected chi connectivity index (χ3v) is 5.10. The molecule has 7 heteroatoms. The predicted molar refractivity (Wildman–Crippen MR) is 70.0 cm³/mol. The van der Waals surface area contributed by atoms with E-state index in [0.29, 0.717) is 11.3 Å². The van der Waals surface area contributed by atoms with Crippen molar-refractivity contribution in [3.05, 3.63) is 34.6 Å². The minimum atomic E-state index is -3.42. The Morgan fingerprint density at radius 1 is 1.22 bits per heavy atom. The van der Waals surface area contributed by atoms with E-state index in [1.54, 1.807) is 24.3 Å². The minimum absolute atomic E-state index is 0.0534. The Balaban J connectivity index is 2.63. The van der Waals surface area contributed by atoms with E-state index in [4.69, 9.17) is 4.74 Å². The Kier molecular flexibility index (Phi) is 3.27. The summed E-state index contributed by atoms with van der Waals surface area (Å²) in [5.41, 5.74) is 0.342. The number of ether oxygens (including phenoxy) is 1. The molecule has 96 valence electrons. The normalized spacial score (nSPS) is 11.4. The molecule has 1 aromatic heterocycles. The van der Waals surface area contributed by atoms with Gasteiger partial charge in [-0.2, -0.15) is 0 Å². The molecule has 1 N–H and O–H groups in total. The zero-order valence-corrected chi connectivity index (χ0v) is 11.4. The van der Waals surface area contributed by atoms with Crippen LogP contribution in [0, 0.1) is 0 Å². The summed E-state index contributed by atoms with van der Waals surface area (Å²) >= 11 is 0.831. The van der Waals surface area contributed by atoms with Crippen LogP contribution in [0.1, 0.15) is 0 Å². The highest BCUT2D eigenvalue weighted by atomic mass is 32.2. The molecule has 0 spiro atoms. The zero-order chi connectivity index (χ0) is 13.3. The molecule has 0 radical (unpaired) electrons. The molecule has 18 heavy (non-hydrogen) atoms. The number of hydrogen-bond acceptors (Lipinski definition) is 5. The van der Waals surface area contributed by atoms with Gasteiger partial charge in [0.1, 0.15) is 9.96 Å². The largest absolute Gasteiger partial charge is 0.497 e. The van der Waals surface area contributed by atoms with E-state index in [0.717, 1.165) is 17.8 Å². The van der Waals surface area contributed by atoms with Crippen molar-refractivity contribution in [2.24, 2.45) is 0 Å². The van der Waals surface area contributed by atoms with Crippen LogP contribution in [0.3, 0.4) is 0 Å². The second-order valence-corrected chi connectivity index (χ2v) is 6.72. The van der Waals surface area contributed by atoms with Gasteiger partial charge in [-0.3, -0.25) is 9.17 Å². The van der Waals surface area contributed by atoms with Gasteiger partial charge in [0.05, 0.1) is 12.7 Å². The summed E-state index contributed by atoms with van der Waals surface area (Å²) in [4.78, 5) is 11.7. The zero-order valence-electron chi connectivity index (χ0n) is 9.76. The lowest BCUT2D eigenvalue weighted by Crippen LogP contribution is -2.04. The van der Waals surface area contributed by atoms with Crippen molar-refractivity contribution in [3.8, 4) is 16.9 Å². The van der Waals surface area contributed by atoms with E-state index in [2.05, 4.69) is 4.37 Å². The lowest BCUT2D eigenvalue weighted by Gasteiger charge is -2.02. The third-order valence-electron chi connectivity index (χ3n) is 2.38. The number of rotatable bonds is 3. The third kappa shape index (κ3) is 2.32. The lowest BCUT2D eigenvalue weighted by molar-refractivity contribution is 0.415. The molecule has 0 fully saturated rings. The van der Waals surface area contributed by atoms with Crippen LogP contribution in [-0.4, -0.2) is 26.2 Å². The maximum Gasteiger partial charge on any atom is 0.267 e. The van der Waals surface area contributed by atoms with E-state index < -0.39 is 15.4 Å². The van der Waals surface area contributed by atoms with Crippen molar-refractivity contribution in [2.45, 2.75) is 4.21 Å². The fraction of sp³-hybridized carbons (Fsp3) is 0.182. The van der Waals surface area contributed by atoms with E-state index in [9.17, 15) is 13.2 Å². The van der Waals surface area contributed by atoms with Crippen LogP contribution in [0.5, 0.6) is 5.75 Å². The quantitative estimate of drug-likeness (QED) is 0.927. The Morgan fingerprint density at radius 2 is 1.83 bits per heavy atom. The molecule has 0 amide bonds. The Morgan fingerprint density at radius 3 is 2.33 bits per heavy atom. The van der Waals surface area contributed by atoms with E-state index >= 15 is 0 Å². The van der Waals surface area contributed by atoms with Gasteiger partial charge >= 0.3 is 0 Å². The number of H-pyrrole nitrogens is 1. The molecule has 0 saturated heterocycles. The number of sulfone groups is 1. The molecule has 0 aliphatic heterocycles. The monoisotopic (exact) mass is 285 g/mol. The van der Waals surface area contributed by atoms with Crippen LogP contribution in [0.2, 0.25) is 0 Å². The summed E-state index contributed by atoms with van der Waals surface area (Å²) < 4.78 is 30.7. The van der Waals surface area contributed by atoms with Crippen molar-refractivity contribution in [3.63, 3.8) is 0 Å². The molecule has 1 aromatic carbocycles. The lowest BCUT2D eigenvalue weighted by atomic mass is 10.1. The highest BCUT2D eigenvalue weighted by Crippen LogP contribution is 2.28. The molecule has 0 aliphatic rings. The van der Waals surface area contributed by atoms with Gasteiger partial charge in [0.25, 0.3) is 5.56 Å². The van der Waals surface area contributed by atoms with Crippen molar-refractivity contribution in [1.29, 1.82) is 0 Å². The molecule has 0 bridgehead atoms. The topological polar surface area (TPSA) is 76.2 Å². The number of aromatic amines is 1. The van der Waals surface area contributed by atoms with Crippen LogP contribution in [0.25, 0.3) is 11.1 Å². The smallest absolute Gasteiger partial charge is 0.267 e. The number of nitrogens with one attached hydrogen (secondary N) is 1. The average Bonchev–Trinajstić information content (AvgIpc) is 2.71. The molecule has 1 heterocycles. The first-order valence-corrected chi connectivity index (χ1v) is 7.70. The van der Waals surface area contributed by atoms with E-state index in [1.165, 1.54) is 7.11 Å². The molecule has 2 rings (SSSR count). The molecule has 0 saturated carbocycles. The van der Waals surface area contributed by atoms with Gasteiger partial charge in [0.15, 0.2) is 9.84 Å². The predicted octanol–water partition coefficient (Wildman–Crippen LogP) is 1.52. The fourth-order valence-electron chi connectivity index (χ4n) is 1.56. The number of aromatic nitrogens is 1. The van der Waals surface area contributed by atoms with Gasteiger partial charge < -0.3 is 4.74 Å². The fourth-order valence-corrected chi connectivity index (χ4v) is 3.47. The summed E-state index contributed by atoms with van der Waals surface area (Å²) in [7, 11) is -1.88. The summed E-state index contributed by atoms with van der Waals surface area (Å²) in [6.45, 7) is 0. The Labute approximate surface area is 108 Å². The summed E-state index contributed by atoms with van der Waals surface area (Å²) in [6.07, 6.45) is 1.08. The first kappa shape index (κ1) is 12.8. The van der Waals surface area contributed by atoms with Crippen LogP contribution in [0.4, 0.5) is 0 Å². The number of benzene rings is 1. The second kappa shape index (κ2) is 4.58. The van der Waals surface area contributed by atoms with Crippen LogP contribution in [-0.2, 0) is 9.84 Å². The SMILES string of the molecule is COc1ccc(-c2c(S(C)(=O)=O)s[nH]c2=O)cc1. The van der Waals surface area contributed by atoms with E-state index in [-0.39, 0.29) is 9.77 Å². The van der Waals surface area contributed by atoms with Crippen LogP contribution < -0.4 is 10.3 Å². The minimum Gasteiger partial charge on any atom is -0.497 e. The van der Waals surface area contributed by atoms with Crippen LogP contribution >= 0.6 is 11.5 Å². The van der Waals surface area contributed by atoms with Crippen molar-refractivity contribution in [2.75, 3.05) is 13.4 Å². The van der Waals surface area contributed by atoms with Crippen LogP contribution in [0.15, 0.2) is 33.3 Å². The highest BCUT2D eigenvalue weighted by Gasteiger charge is 2.20. The molecule has 0 aliphatic carbocycles. The molecule has 5 nitrogen and oxygen atoms in total. The average molecular weight is 285 g/mol. The standard InChI is InChI=1S/C11H11NO4S2/c1-16-8-5-3-7(4-6-8)9-10(13)12-17-11(9)18(2,14)15/h3-6H,1-2H3,(H,12,13). The second-order valence-electron chi connectivity index (χ2n) is 3.70. The summed E-state index contributed by atoms with van der Waals surface area (Å²) in [6, 6.07) is 6.67. The highest BCUT2D eigenvalue weighted by molar-refractivity contribution is 7.92. The van der Waals surface area contributed by atoms with Crippen molar-refractivity contribution < 1.29 is 13.2 Å². The first-order chi connectivity index (χ1) is 8.43. The van der Waals surface area contributed by atoms with Gasteiger partial charge in [-0.15, -0.1) is 0 Å². The summed E-state index contributed by atoms with van der Waals surface area (Å²) in [5.74, 6) is 0.645. The summed E-state index contributed by atoms with van der Waals surface area (Å²) in [5, 5.41) is 0. The maximum absolute atomic E-state index is 11.7. The van der Waals surface area contributed by atoms with Gasteiger partial charge in [0, 0.05) is 6.26 Å². The number of hydrogen-bond donors (Lipinski definition) is 1. The first-order valence-electron chi connectivity index (χ1n) is 4.99. The molecule has 0 atom stereocenters. The van der Waals surface area contributed by atoms with Crippen molar-refractivity contribution in [1.82, 2.24) is 4.37 Å². The van der Waals surface area contributed by atoms with E-state index in [1.807, 2.05) is 0 Å². The van der Waals surface area contributed by atoms with Gasteiger partial charge in [-0.05, 0) is 29.2 Å². The van der Waals surface area contributed by atoms with Crippen molar-refractivity contribution >= 4 is 21.4 Å². The maximum atomic E-state index is 11.7.